The maximum Gasteiger partial charge on any atom is 0.425 e. The van der Waals surface area contributed by atoms with E-state index in [4.69, 9.17) is 4.74 Å². The van der Waals surface area contributed by atoms with Gasteiger partial charge in [-0.05, 0) is 25.1 Å². The molecular formula is C24H23F4N3O4S. The zero-order chi connectivity index (χ0) is 26.3. The van der Waals surface area contributed by atoms with Crippen molar-refractivity contribution in [2.45, 2.75) is 24.1 Å². The van der Waals surface area contributed by atoms with Crippen LogP contribution in [-0.4, -0.2) is 68.9 Å². The van der Waals surface area contributed by atoms with Crippen molar-refractivity contribution in [1.82, 2.24) is 9.88 Å². The van der Waals surface area contributed by atoms with E-state index >= 15 is 4.39 Å². The zero-order valence-corrected chi connectivity index (χ0v) is 20.2. The van der Waals surface area contributed by atoms with Crippen molar-refractivity contribution < 1.29 is 35.5 Å². The molecule has 1 aromatic heterocycles. The first-order chi connectivity index (χ1) is 16.9. The first kappa shape index (κ1) is 25.7. The Bertz CT molecular complexity index is 1400. The van der Waals surface area contributed by atoms with Gasteiger partial charge in [0.05, 0.1) is 10.5 Å². The smallest absolute Gasteiger partial charge is 0.425 e. The summed E-state index contributed by atoms with van der Waals surface area (Å²) in [5.74, 6) is -1.40. The third-order valence-corrected chi connectivity index (χ3v) is 7.07. The van der Waals surface area contributed by atoms with Crippen LogP contribution in [0.1, 0.15) is 17.3 Å². The highest BCUT2D eigenvalue weighted by molar-refractivity contribution is 7.90. The summed E-state index contributed by atoms with van der Waals surface area (Å²) in [6.45, 7) is 1.46. The maximum atomic E-state index is 15.1. The second-order valence-electron chi connectivity index (χ2n) is 8.49. The molecule has 1 aliphatic heterocycles. The van der Waals surface area contributed by atoms with Crippen LogP contribution in [0.15, 0.2) is 53.6 Å². The van der Waals surface area contributed by atoms with Gasteiger partial charge in [-0.3, -0.25) is 4.79 Å². The number of pyridine rings is 1. The van der Waals surface area contributed by atoms with E-state index in [1.807, 2.05) is 0 Å². The minimum atomic E-state index is -4.68. The topological polar surface area (TPSA) is 79.8 Å². The van der Waals surface area contributed by atoms with Crippen LogP contribution in [0.2, 0.25) is 0 Å². The fourth-order valence-electron chi connectivity index (χ4n) is 3.90. The van der Waals surface area contributed by atoms with Gasteiger partial charge in [0.15, 0.2) is 27.6 Å². The molecule has 1 saturated heterocycles. The highest BCUT2D eigenvalue weighted by Gasteiger charge is 2.39. The number of amides is 1. The summed E-state index contributed by atoms with van der Waals surface area (Å²) >= 11 is 0. The van der Waals surface area contributed by atoms with Crippen LogP contribution in [0, 0.1) is 5.82 Å². The summed E-state index contributed by atoms with van der Waals surface area (Å²) in [7, 11) is -3.74. The molecular weight excluding hydrogens is 502 g/mol. The molecule has 4 rings (SSSR count). The Morgan fingerprint density at radius 2 is 1.75 bits per heavy atom. The van der Waals surface area contributed by atoms with Crippen LogP contribution in [0.25, 0.3) is 10.8 Å². The first-order valence-electron chi connectivity index (χ1n) is 11.0. The third-order valence-electron chi connectivity index (χ3n) is 5.96. The van der Waals surface area contributed by atoms with E-state index < -0.39 is 33.8 Å². The summed E-state index contributed by atoms with van der Waals surface area (Å²) in [6, 6.07) is 10.1. The lowest BCUT2D eigenvalue weighted by atomic mass is 10.1. The molecule has 1 aliphatic rings. The molecule has 0 spiro atoms. The lowest BCUT2D eigenvalue weighted by Crippen LogP contribution is -2.49. The molecule has 0 aliphatic carbocycles. The summed E-state index contributed by atoms with van der Waals surface area (Å²) < 4.78 is 83.3. The van der Waals surface area contributed by atoms with Gasteiger partial charge in [0, 0.05) is 49.4 Å². The van der Waals surface area contributed by atoms with E-state index in [0.29, 0.717) is 10.8 Å². The Morgan fingerprint density at radius 1 is 1.08 bits per heavy atom. The first-order valence-corrected chi connectivity index (χ1v) is 12.9. The van der Waals surface area contributed by atoms with Crippen molar-refractivity contribution in [3.63, 3.8) is 0 Å². The van der Waals surface area contributed by atoms with E-state index in [2.05, 4.69) is 4.98 Å². The molecule has 0 saturated carbocycles. The highest BCUT2D eigenvalue weighted by atomic mass is 32.2. The minimum Gasteiger partial charge on any atom is -0.480 e. The number of nitrogens with zero attached hydrogens (tertiary/aromatic N) is 3. The van der Waals surface area contributed by atoms with E-state index in [1.54, 1.807) is 35.4 Å². The second-order valence-corrected chi connectivity index (χ2v) is 10.5. The quantitative estimate of drug-likeness (QED) is 0.468. The number of alkyl halides is 3. The van der Waals surface area contributed by atoms with Gasteiger partial charge < -0.3 is 14.5 Å². The molecule has 0 bridgehead atoms. The number of halogens is 4. The van der Waals surface area contributed by atoms with Gasteiger partial charge in [-0.1, -0.05) is 24.3 Å². The average molecular weight is 526 g/mol. The van der Waals surface area contributed by atoms with Crippen LogP contribution >= 0.6 is 0 Å². The van der Waals surface area contributed by atoms with Crippen LogP contribution in [-0.2, 0) is 9.84 Å². The van der Waals surface area contributed by atoms with Crippen LogP contribution in [0.4, 0.5) is 23.4 Å². The van der Waals surface area contributed by atoms with Gasteiger partial charge in [-0.15, -0.1) is 0 Å². The number of carbonyl (C=O) groups is 1. The predicted octanol–water partition coefficient (Wildman–Crippen LogP) is 4.07. The SMILES string of the molecule is C[C@H](Oc1ccc(S(C)(=O)=O)cc1C(=O)N1CCN(c2ncc3ccccc3c2F)CC1)C(F)(F)F. The van der Waals surface area contributed by atoms with Crippen LogP contribution in [0.5, 0.6) is 5.75 Å². The summed E-state index contributed by atoms with van der Waals surface area (Å²) in [5, 5.41) is 1.07. The molecule has 2 aromatic carbocycles. The number of carbonyl (C=O) groups excluding carboxylic acids is 1. The Labute approximate surface area is 205 Å². The summed E-state index contributed by atoms with van der Waals surface area (Å²) in [4.78, 5) is 20.3. The Morgan fingerprint density at radius 3 is 2.39 bits per heavy atom. The lowest BCUT2D eigenvalue weighted by molar-refractivity contribution is -0.189. The number of hydrogen-bond acceptors (Lipinski definition) is 6. The number of anilines is 1. The number of ether oxygens (including phenoxy) is 1. The highest BCUT2D eigenvalue weighted by Crippen LogP contribution is 2.31. The number of piperazine rings is 1. The largest absolute Gasteiger partial charge is 0.480 e. The van der Waals surface area contributed by atoms with Gasteiger partial charge in [0.1, 0.15) is 5.75 Å². The molecule has 7 nitrogen and oxygen atoms in total. The van der Waals surface area contributed by atoms with Crippen molar-refractivity contribution >= 4 is 32.3 Å². The number of rotatable bonds is 5. The van der Waals surface area contributed by atoms with E-state index in [9.17, 15) is 26.4 Å². The fourth-order valence-corrected chi connectivity index (χ4v) is 4.54. The van der Waals surface area contributed by atoms with Crippen molar-refractivity contribution in [2.24, 2.45) is 0 Å². The van der Waals surface area contributed by atoms with Crippen molar-refractivity contribution in [3.05, 3.63) is 60.0 Å². The fraction of sp³-hybridized carbons (Fsp3) is 0.333. The molecule has 192 valence electrons. The molecule has 0 unspecified atom stereocenters. The Hall–Kier alpha value is -3.41. The normalized spacial score (nSPS) is 15.7. The van der Waals surface area contributed by atoms with Crippen LogP contribution in [0.3, 0.4) is 0 Å². The van der Waals surface area contributed by atoms with Gasteiger partial charge in [0.25, 0.3) is 5.91 Å². The standard InChI is InChI=1S/C24H23F4N3O4S/c1-15(24(26,27)28)35-20-8-7-17(36(2,33)34)13-19(20)23(32)31-11-9-30(10-12-31)22-21(25)18-6-4-3-5-16(18)14-29-22/h3-8,13-15H,9-12H2,1-2H3/t15-/m0/s1. The molecule has 1 fully saturated rings. The summed E-state index contributed by atoms with van der Waals surface area (Å²) in [5.41, 5.74) is -0.294. The molecule has 12 heteroatoms. The molecule has 1 amide bonds. The van der Waals surface area contributed by atoms with Crippen molar-refractivity contribution in [3.8, 4) is 5.75 Å². The van der Waals surface area contributed by atoms with Gasteiger partial charge in [-0.2, -0.15) is 13.2 Å². The van der Waals surface area contributed by atoms with E-state index in [1.165, 1.54) is 4.90 Å². The van der Waals surface area contributed by atoms with Gasteiger partial charge in [-0.25, -0.2) is 17.8 Å². The Balaban J connectivity index is 1.57. The molecule has 0 N–H and O–H groups in total. The number of hydrogen-bond donors (Lipinski definition) is 0. The number of sulfone groups is 1. The molecule has 1 atom stereocenters. The van der Waals surface area contributed by atoms with Gasteiger partial charge >= 0.3 is 6.18 Å². The monoisotopic (exact) mass is 525 g/mol. The molecule has 3 aromatic rings. The van der Waals surface area contributed by atoms with Gasteiger partial charge in [0.2, 0.25) is 0 Å². The molecule has 36 heavy (non-hydrogen) atoms. The number of benzene rings is 2. The van der Waals surface area contributed by atoms with Crippen molar-refractivity contribution in [2.75, 3.05) is 37.3 Å². The third kappa shape index (κ3) is 5.23. The maximum absolute atomic E-state index is 15.1. The van der Waals surface area contributed by atoms with E-state index in [0.717, 1.165) is 31.4 Å². The molecule has 2 heterocycles. The Kier molecular flexibility index (Phi) is 6.82. The number of aromatic nitrogens is 1. The molecule has 0 radical (unpaired) electrons. The lowest BCUT2D eigenvalue weighted by Gasteiger charge is -2.36. The average Bonchev–Trinajstić information content (AvgIpc) is 2.83. The zero-order valence-electron chi connectivity index (χ0n) is 19.4. The minimum absolute atomic E-state index is 0.115. The summed E-state index contributed by atoms with van der Waals surface area (Å²) in [6.07, 6.45) is -4.41. The number of fused-ring (bicyclic) bond motifs is 1. The second kappa shape index (κ2) is 9.57. The van der Waals surface area contributed by atoms with Crippen molar-refractivity contribution in [1.29, 1.82) is 0 Å². The van der Waals surface area contributed by atoms with Crippen LogP contribution < -0.4 is 9.64 Å². The van der Waals surface area contributed by atoms with E-state index in [-0.39, 0.29) is 48.2 Å². The predicted molar refractivity (Wildman–Crippen MR) is 126 cm³/mol.